The molecule has 0 fully saturated rings. The van der Waals surface area contributed by atoms with Crippen molar-refractivity contribution in [2.75, 3.05) is 17.3 Å². The van der Waals surface area contributed by atoms with Gasteiger partial charge in [-0.1, -0.05) is 31.2 Å². The summed E-state index contributed by atoms with van der Waals surface area (Å²) in [6.07, 6.45) is 3.67. The van der Waals surface area contributed by atoms with E-state index < -0.39 is 0 Å². The number of thioether (sulfide) groups is 2. The molecule has 1 heterocycles. The molecule has 0 aliphatic rings. The number of nitrogens with zero attached hydrogens (tertiary/aromatic N) is 1. The maximum Gasteiger partial charge on any atom is 0.251 e. The molecule has 0 saturated heterocycles. The Morgan fingerprint density at radius 1 is 1.35 bits per heavy atom. The second-order valence-corrected chi connectivity index (χ2v) is 6.70. The van der Waals surface area contributed by atoms with Crippen LogP contribution in [0.4, 0.5) is 5.69 Å². The Kier molecular flexibility index (Phi) is 6.73. The summed E-state index contributed by atoms with van der Waals surface area (Å²) in [5.41, 5.74) is 1.34. The van der Waals surface area contributed by atoms with Gasteiger partial charge in [-0.3, -0.25) is 9.59 Å². The number of aromatic amines is 1. The Morgan fingerprint density at radius 3 is 2.91 bits per heavy atom. The van der Waals surface area contributed by atoms with Crippen LogP contribution in [-0.2, 0) is 11.2 Å². The van der Waals surface area contributed by atoms with Gasteiger partial charge in [0, 0.05) is 22.3 Å². The number of hydrogen-bond acceptors (Lipinski definition) is 5. The lowest BCUT2D eigenvalue weighted by molar-refractivity contribution is -0.113. The molecule has 0 bridgehead atoms. The van der Waals surface area contributed by atoms with Crippen LogP contribution in [0.25, 0.3) is 0 Å². The summed E-state index contributed by atoms with van der Waals surface area (Å²) in [6, 6.07) is 9.17. The maximum absolute atomic E-state index is 12.0. The normalized spacial score (nSPS) is 10.5. The standard InChI is InChI=1S/C16H19N3O2S2/c1-3-5-11-9-14(20)19-16(18-11)23-10-15(21)17-12-6-4-7-13(8-12)22-2/h4,6-9H,3,5,10H2,1-2H3,(H,17,21)(H,18,19,20). The van der Waals surface area contributed by atoms with Gasteiger partial charge in [0.25, 0.3) is 5.56 Å². The predicted octanol–water partition coefficient (Wildman–Crippen LogP) is 3.18. The Morgan fingerprint density at radius 2 is 2.17 bits per heavy atom. The number of aromatic nitrogens is 2. The summed E-state index contributed by atoms with van der Waals surface area (Å²) >= 11 is 2.85. The lowest BCUT2D eigenvalue weighted by Crippen LogP contribution is -2.15. The number of carbonyl (C=O) groups excluding carboxylic acids is 1. The number of amides is 1. The van der Waals surface area contributed by atoms with Crippen LogP contribution >= 0.6 is 23.5 Å². The van der Waals surface area contributed by atoms with Gasteiger partial charge in [0.1, 0.15) is 0 Å². The molecule has 0 radical (unpaired) electrons. The molecule has 1 amide bonds. The van der Waals surface area contributed by atoms with E-state index in [-0.39, 0.29) is 17.2 Å². The topological polar surface area (TPSA) is 74.8 Å². The summed E-state index contributed by atoms with van der Waals surface area (Å²) in [7, 11) is 0. The van der Waals surface area contributed by atoms with Crippen LogP contribution < -0.4 is 10.9 Å². The molecule has 0 saturated carbocycles. The van der Waals surface area contributed by atoms with Gasteiger partial charge >= 0.3 is 0 Å². The van der Waals surface area contributed by atoms with E-state index in [1.807, 2.05) is 37.4 Å². The molecule has 7 heteroatoms. The number of hydrogen-bond donors (Lipinski definition) is 2. The molecule has 0 atom stereocenters. The van der Waals surface area contributed by atoms with Crippen molar-refractivity contribution in [1.82, 2.24) is 9.97 Å². The van der Waals surface area contributed by atoms with E-state index in [1.165, 1.54) is 17.8 Å². The van der Waals surface area contributed by atoms with Gasteiger partial charge in [-0.05, 0) is 30.9 Å². The third-order valence-electron chi connectivity index (χ3n) is 2.97. The average Bonchev–Trinajstić information content (AvgIpc) is 2.53. The van der Waals surface area contributed by atoms with Crippen LogP contribution in [0.2, 0.25) is 0 Å². The van der Waals surface area contributed by atoms with Gasteiger partial charge in [-0.2, -0.15) is 0 Å². The van der Waals surface area contributed by atoms with Gasteiger partial charge in [-0.25, -0.2) is 4.98 Å². The number of carbonyl (C=O) groups is 1. The molecule has 0 aliphatic heterocycles. The fourth-order valence-electron chi connectivity index (χ4n) is 1.97. The summed E-state index contributed by atoms with van der Waals surface area (Å²) < 4.78 is 0. The summed E-state index contributed by atoms with van der Waals surface area (Å²) in [5.74, 6) is 0.0685. The molecule has 0 spiro atoms. The second-order valence-electron chi connectivity index (χ2n) is 4.86. The zero-order chi connectivity index (χ0) is 16.7. The fraction of sp³-hybridized carbons (Fsp3) is 0.312. The molecule has 0 unspecified atom stereocenters. The van der Waals surface area contributed by atoms with Gasteiger partial charge in [0.2, 0.25) is 5.91 Å². The van der Waals surface area contributed by atoms with Crippen molar-refractivity contribution in [2.24, 2.45) is 0 Å². The van der Waals surface area contributed by atoms with Crippen molar-refractivity contribution in [3.05, 3.63) is 46.4 Å². The first-order valence-electron chi connectivity index (χ1n) is 7.27. The number of anilines is 1. The van der Waals surface area contributed by atoms with Crippen LogP contribution in [0.15, 0.2) is 45.2 Å². The smallest absolute Gasteiger partial charge is 0.251 e. The number of benzene rings is 1. The highest BCUT2D eigenvalue weighted by Gasteiger charge is 2.07. The van der Waals surface area contributed by atoms with Crippen molar-refractivity contribution in [1.29, 1.82) is 0 Å². The molecule has 2 aromatic rings. The van der Waals surface area contributed by atoms with Crippen molar-refractivity contribution in [3.8, 4) is 0 Å². The third-order valence-corrected chi connectivity index (χ3v) is 4.57. The fourth-order valence-corrected chi connectivity index (χ4v) is 3.12. The molecule has 1 aromatic heterocycles. The van der Waals surface area contributed by atoms with Crippen LogP contribution in [-0.4, -0.2) is 27.9 Å². The van der Waals surface area contributed by atoms with E-state index in [2.05, 4.69) is 15.3 Å². The minimum Gasteiger partial charge on any atom is -0.325 e. The molecular formula is C16H19N3O2S2. The van der Waals surface area contributed by atoms with E-state index in [9.17, 15) is 9.59 Å². The van der Waals surface area contributed by atoms with Gasteiger partial charge in [-0.15, -0.1) is 11.8 Å². The number of rotatable bonds is 7. The molecule has 2 rings (SSSR count). The molecule has 23 heavy (non-hydrogen) atoms. The minimum absolute atomic E-state index is 0.128. The quantitative estimate of drug-likeness (QED) is 0.593. The molecule has 122 valence electrons. The highest BCUT2D eigenvalue weighted by atomic mass is 32.2. The molecule has 1 aromatic carbocycles. The zero-order valence-electron chi connectivity index (χ0n) is 13.1. The summed E-state index contributed by atoms with van der Waals surface area (Å²) in [6.45, 7) is 2.03. The SMILES string of the molecule is CCCc1cc(=O)[nH]c(SCC(=O)Nc2cccc(SC)c2)n1. The molecular weight excluding hydrogens is 330 g/mol. The monoisotopic (exact) mass is 349 g/mol. The number of nitrogens with one attached hydrogen (secondary N) is 2. The summed E-state index contributed by atoms with van der Waals surface area (Å²) in [4.78, 5) is 31.7. The van der Waals surface area contributed by atoms with E-state index in [0.717, 1.165) is 29.1 Å². The van der Waals surface area contributed by atoms with Gasteiger partial charge in [0.15, 0.2) is 5.16 Å². The first kappa shape index (κ1) is 17.6. The van der Waals surface area contributed by atoms with Crippen molar-refractivity contribution < 1.29 is 4.79 Å². The van der Waals surface area contributed by atoms with E-state index in [1.54, 1.807) is 11.8 Å². The highest BCUT2D eigenvalue weighted by Crippen LogP contribution is 2.19. The van der Waals surface area contributed by atoms with Crippen molar-refractivity contribution in [3.63, 3.8) is 0 Å². The van der Waals surface area contributed by atoms with E-state index in [0.29, 0.717) is 5.16 Å². The Balaban J connectivity index is 1.95. The van der Waals surface area contributed by atoms with E-state index in [4.69, 9.17) is 0 Å². The minimum atomic E-state index is -0.181. The van der Waals surface area contributed by atoms with Crippen molar-refractivity contribution >= 4 is 35.1 Å². The molecule has 5 nitrogen and oxygen atoms in total. The zero-order valence-corrected chi connectivity index (χ0v) is 14.7. The Hall–Kier alpha value is -1.73. The van der Waals surface area contributed by atoms with E-state index >= 15 is 0 Å². The largest absolute Gasteiger partial charge is 0.325 e. The predicted molar refractivity (Wildman–Crippen MR) is 96.4 cm³/mol. The number of H-pyrrole nitrogens is 1. The lowest BCUT2D eigenvalue weighted by atomic mass is 10.2. The summed E-state index contributed by atoms with van der Waals surface area (Å²) in [5, 5.41) is 3.33. The average molecular weight is 349 g/mol. The maximum atomic E-state index is 12.0. The van der Waals surface area contributed by atoms with Crippen LogP contribution in [0, 0.1) is 0 Å². The lowest BCUT2D eigenvalue weighted by Gasteiger charge is -2.06. The van der Waals surface area contributed by atoms with Gasteiger partial charge in [0.05, 0.1) is 5.75 Å². The molecule has 2 N–H and O–H groups in total. The first-order valence-corrected chi connectivity index (χ1v) is 9.48. The van der Waals surface area contributed by atoms with Gasteiger partial charge < -0.3 is 10.3 Å². The van der Waals surface area contributed by atoms with Crippen LogP contribution in [0.3, 0.4) is 0 Å². The second kappa shape index (κ2) is 8.79. The Bertz CT molecular complexity index is 731. The highest BCUT2D eigenvalue weighted by molar-refractivity contribution is 7.99. The van der Waals surface area contributed by atoms with Crippen molar-refractivity contribution in [2.45, 2.75) is 29.8 Å². The first-order chi connectivity index (χ1) is 11.1. The Labute approximate surface area is 143 Å². The number of aryl methyl sites for hydroxylation is 1. The molecule has 0 aliphatic carbocycles. The van der Waals surface area contributed by atoms with Crippen LogP contribution in [0.5, 0.6) is 0 Å². The van der Waals surface area contributed by atoms with Crippen LogP contribution in [0.1, 0.15) is 19.0 Å². The third kappa shape index (κ3) is 5.76.